The van der Waals surface area contributed by atoms with Gasteiger partial charge in [-0.3, -0.25) is 4.79 Å². The van der Waals surface area contributed by atoms with Crippen LogP contribution in [0.4, 0.5) is 0 Å². The zero-order valence-corrected chi connectivity index (χ0v) is 14.0. The minimum atomic E-state index is -0.267. The second kappa shape index (κ2) is 6.40. The zero-order chi connectivity index (χ0) is 17.2. The van der Waals surface area contributed by atoms with Crippen LogP contribution in [0, 0.1) is 0 Å². The lowest BCUT2D eigenvalue weighted by molar-refractivity contribution is -0.142. The van der Waals surface area contributed by atoms with Gasteiger partial charge in [0.25, 0.3) is 0 Å². The second-order valence-electron chi connectivity index (χ2n) is 6.13. The number of hydrogen-bond donors (Lipinski definition) is 0. The van der Waals surface area contributed by atoms with Gasteiger partial charge in [0.15, 0.2) is 0 Å². The Morgan fingerprint density at radius 1 is 0.760 bits per heavy atom. The Morgan fingerprint density at radius 3 is 2.16 bits per heavy atom. The first-order valence-electron chi connectivity index (χ1n) is 8.36. The third kappa shape index (κ3) is 2.87. The van der Waals surface area contributed by atoms with Crippen LogP contribution in [0.5, 0.6) is 0 Å². The number of hydrogen-bond acceptors (Lipinski definition) is 2. The van der Waals surface area contributed by atoms with Gasteiger partial charge in [-0.1, -0.05) is 78.9 Å². The van der Waals surface area contributed by atoms with Crippen LogP contribution < -0.4 is 0 Å². The fraction of sp³-hybridized carbons (Fsp3) is 0.0870. The number of benzene rings is 4. The lowest BCUT2D eigenvalue weighted by atomic mass is 9.90. The summed E-state index contributed by atoms with van der Waals surface area (Å²) < 4.78 is 5.31. The van der Waals surface area contributed by atoms with E-state index in [9.17, 15) is 4.79 Å². The van der Waals surface area contributed by atoms with Crippen LogP contribution in [0.3, 0.4) is 0 Å². The summed E-state index contributed by atoms with van der Waals surface area (Å²) in [5, 5.41) is 4.75. The third-order valence-corrected chi connectivity index (χ3v) is 4.51. The molecule has 4 aromatic carbocycles. The number of carbonyl (C=O) groups is 1. The van der Waals surface area contributed by atoms with Gasteiger partial charge < -0.3 is 4.74 Å². The van der Waals surface area contributed by atoms with E-state index in [0.29, 0.717) is 0 Å². The van der Waals surface area contributed by atoms with Crippen molar-refractivity contribution in [2.45, 2.75) is 13.5 Å². The van der Waals surface area contributed by atoms with E-state index in [1.54, 1.807) is 0 Å². The molecule has 0 saturated heterocycles. The topological polar surface area (TPSA) is 26.3 Å². The summed E-state index contributed by atoms with van der Waals surface area (Å²) in [5.41, 5.74) is 3.32. The number of fused-ring (bicyclic) bond motifs is 2. The molecule has 4 aromatic rings. The highest BCUT2D eigenvalue weighted by Gasteiger charge is 2.13. The summed E-state index contributed by atoms with van der Waals surface area (Å²) in [6.07, 6.45) is 0. The number of ether oxygens (including phenoxy) is 1. The summed E-state index contributed by atoms with van der Waals surface area (Å²) in [6.45, 7) is 1.72. The molecule has 0 radical (unpaired) electrons. The zero-order valence-electron chi connectivity index (χ0n) is 14.0. The molecule has 0 unspecified atom stereocenters. The summed E-state index contributed by atoms with van der Waals surface area (Å²) in [6, 6.07) is 27.2. The summed E-state index contributed by atoms with van der Waals surface area (Å²) in [5.74, 6) is -0.267. The van der Waals surface area contributed by atoms with Gasteiger partial charge in [0, 0.05) is 6.92 Å². The molecule has 0 aromatic heterocycles. The maximum Gasteiger partial charge on any atom is 0.302 e. The van der Waals surface area contributed by atoms with E-state index < -0.39 is 0 Å². The molecule has 0 amide bonds. The van der Waals surface area contributed by atoms with Crippen molar-refractivity contribution in [3.05, 3.63) is 84.4 Å². The Morgan fingerprint density at radius 2 is 1.40 bits per heavy atom. The van der Waals surface area contributed by atoms with Crippen molar-refractivity contribution in [1.82, 2.24) is 0 Å². The van der Waals surface area contributed by atoms with E-state index in [1.807, 2.05) is 12.1 Å². The largest absolute Gasteiger partial charge is 0.461 e. The maximum absolute atomic E-state index is 11.3. The summed E-state index contributed by atoms with van der Waals surface area (Å²) in [7, 11) is 0. The Kier molecular flexibility index (Phi) is 3.95. The van der Waals surface area contributed by atoms with Gasteiger partial charge in [0.2, 0.25) is 0 Å². The lowest BCUT2D eigenvalue weighted by Gasteiger charge is -2.15. The molecule has 0 saturated carbocycles. The molecule has 4 rings (SSSR count). The minimum absolute atomic E-state index is 0.267. The molecule has 0 aliphatic rings. The van der Waals surface area contributed by atoms with Crippen molar-refractivity contribution in [3.8, 4) is 11.1 Å². The van der Waals surface area contributed by atoms with E-state index in [4.69, 9.17) is 4.74 Å². The average Bonchev–Trinajstić information content (AvgIpc) is 2.65. The van der Waals surface area contributed by atoms with E-state index in [-0.39, 0.29) is 12.6 Å². The van der Waals surface area contributed by atoms with Gasteiger partial charge in [0.05, 0.1) is 0 Å². The van der Waals surface area contributed by atoms with E-state index in [2.05, 4.69) is 66.7 Å². The third-order valence-electron chi connectivity index (χ3n) is 4.51. The van der Waals surface area contributed by atoms with Crippen molar-refractivity contribution in [3.63, 3.8) is 0 Å². The number of carbonyl (C=O) groups excluding carboxylic acids is 1. The molecule has 0 bridgehead atoms. The molecule has 2 heteroatoms. The fourth-order valence-corrected chi connectivity index (χ4v) is 3.38. The average molecular weight is 326 g/mol. The molecule has 0 heterocycles. The highest BCUT2D eigenvalue weighted by atomic mass is 16.5. The van der Waals surface area contributed by atoms with Crippen LogP contribution in [-0.4, -0.2) is 5.97 Å². The van der Waals surface area contributed by atoms with Crippen LogP contribution in [0.25, 0.3) is 32.7 Å². The first-order chi connectivity index (χ1) is 12.2. The quantitative estimate of drug-likeness (QED) is 0.450. The molecule has 25 heavy (non-hydrogen) atoms. The summed E-state index contributed by atoms with van der Waals surface area (Å²) >= 11 is 0. The minimum Gasteiger partial charge on any atom is -0.461 e. The lowest BCUT2D eigenvalue weighted by Crippen LogP contribution is -2.01. The SMILES string of the molecule is CC(=O)OCc1ccc2ccccc2c1-c1cccc2ccccc12. The summed E-state index contributed by atoms with van der Waals surface area (Å²) in [4.78, 5) is 11.3. The van der Waals surface area contributed by atoms with Crippen LogP contribution in [-0.2, 0) is 16.1 Å². The standard InChI is InChI=1S/C23H18O2/c1-16(24)25-15-19-14-13-18-8-3-5-11-21(18)23(19)22-12-6-9-17-7-2-4-10-20(17)22/h2-14H,15H2,1H3. The van der Waals surface area contributed by atoms with Crippen LogP contribution in [0.1, 0.15) is 12.5 Å². The van der Waals surface area contributed by atoms with Crippen molar-refractivity contribution < 1.29 is 9.53 Å². The van der Waals surface area contributed by atoms with E-state index in [0.717, 1.165) is 16.7 Å². The van der Waals surface area contributed by atoms with Gasteiger partial charge in [0.1, 0.15) is 6.61 Å². The Labute approximate surface area is 146 Å². The van der Waals surface area contributed by atoms with Crippen molar-refractivity contribution >= 4 is 27.5 Å². The molecule has 122 valence electrons. The molecular formula is C23H18O2. The molecular weight excluding hydrogens is 308 g/mol. The smallest absolute Gasteiger partial charge is 0.302 e. The first-order valence-corrected chi connectivity index (χ1v) is 8.36. The molecule has 0 N–H and O–H groups in total. The van der Waals surface area contributed by atoms with Crippen LogP contribution >= 0.6 is 0 Å². The molecule has 0 spiro atoms. The van der Waals surface area contributed by atoms with Gasteiger partial charge in [-0.2, -0.15) is 0 Å². The first kappa shape index (κ1) is 15.4. The monoisotopic (exact) mass is 326 g/mol. The fourth-order valence-electron chi connectivity index (χ4n) is 3.38. The highest BCUT2D eigenvalue weighted by Crippen LogP contribution is 2.36. The van der Waals surface area contributed by atoms with Crippen LogP contribution in [0.15, 0.2) is 78.9 Å². The Bertz CT molecular complexity index is 1070. The van der Waals surface area contributed by atoms with Crippen molar-refractivity contribution in [1.29, 1.82) is 0 Å². The van der Waals surface area contributed by atoms with Crippen LogP contribution in [0.2, 0.25) is 0 Å². The Hall–Kier alpha value is -3.13. The van der Waals surface area contributed by atoms with E-state index >= 15 is 0 Å². The predicted octanol–water partition coefficient (Wildman–Crippen LogP) is 5.72. The van der Waals surface area contributed by atoms with Gasteiger partial charge in [-0.25, -0.2) is 0 Å². The van der Waals surface area contributed by atoms with Gasteiger partial charge in [-0.15, -0.1) is 0 Å². The second-order valence-corrected chi connectivity index (χ2v) is 6.13. The van der Waals surface area contributed by atoms with Crippen molar-refractivity contribution in [2.24, 2.45) is 0 Å². The van der Waals surface area contributed by atoms with Gasteiger partial charge in [-0.05, 0) is 38.2 Å². The Balaban J connectivity index is 2.03. The normalized spacial score (nSPS) is 10.9. The van der Waals surface area contributed by atoms with E-state index in [1.165, 1.54) is 28.5 Å². The maximum atomic E-state index is 11.3. The molecule has 0 aliphatic heterocycles. The predicted molar refractivity (Wildman–Crippen MR) is 102 cm³/mol. The molecule has 0 fully saturated rings. The molecule has 0 atom stereocenters. The number of esters is 1. The number of rotatable bonds is 3. The molecule has 2 nitrogen and oxygen atoms in total. The van der Waals surface area contributed by atoms with Crippen molar-refractivity contribution in [2.75, 3.05) is 0 Å². The highest BCUT2D eigenvalue weighted by molar-refractivity contribution is 6.06. The molecule has 0 aliphatic carbocycles. The van der Waals surface area contributed by atoms with Gasteiger partial charge >= 0.3 is 5.97 Å².